The summed E-state index contributed by atoms with van der Waals surface area (Å²) in [6, 6.07) is -0.464. The second-order valence-corrected chi connectivity index (χ2v) is 4.08. The molecule has 0 heterocycles. The molecule has 0 unspecified atom stereocenters. The van der Waals surface area contributed by atoms with Crippen molar-refractivity contribution in [3.8, 4) is 0 Å². The predicted molar refractivity (Wildman–Crippen MR) is 64.0 cm³/mol. The molecular formula is C11H17N3O4. The third-order valence-corrected chi connectivity index (χ3v) is 2.41. The zero-order valence-electron chi connectivity index (χ0n) is 10.0. The molecule has 100 valence electrons. The lowest BCUT2D eigenvalue weighted by molar-refractivity contribution is -0.138. The molecule has 0 atom stereocenters. The highest BCUT2D eigenvalue weighted by atomic mass is 16.4. The number of hydrogen-bond donors (Lipinski definition) is 3. The van der Waals surface area contributed by atoms with Crippen molar-refractivity contribution in [2.75, 3.05) is 19.6 Å². The minimum atomic E-state index is -0.981. The summed E-state index contributed by atoms with van der Waals surface area (Å²) in [5.41, 5.74) is 0. The number of rotatable bonds is 7. The number of hydrogen-bond acceptors (Lipinski definition) is 4. The van der Waals surface area contributed by atoms with Gasteiger partial charge in [0.05, 0.1) is 13.1 Å². The molecule has 1 aliphatic carbocycles. The summed E-state index contributed by atoms with van der Waals surface area (Å²) in [4.78, 5) is 34.9. The van der Waals surface area contributed by atoms with Crippen LogP contribution in [0.1, 0.15) is 12.8 Å². The number of carbonyl (C=O) groups excluding carboxylic acids is 2. The Morgan fingerprint density at radius 3 is 2.50 bits per heavy atom. The molecule has 0 aromatic rings. The van der Waals surface area contributed by atoms with E-state index in [9.17, 15) is 14.4 Å². The molecule has 7 heteroatoms. The third kappa shape index (κ3) is 5.44. The van der Waals surface area contributed by atoms with Gasteiger partial charge >= 0.3 is 12.0 Å². The van der Waals surface area contributed by atoms with Crippen LogP contribution in [0.4, 0.5) is 4.79 Å². The molecule has 0 radical (unpaired) electrons. The normalized spacial score (nSPS) is 14.1. The molecule has 0 aromatic carbocycles. The van der Waals surface area contributed by atoms with E-state index in [4.69, 9.17) is 5.11 Å². The van der Waals surface area contributed by atoms with Gasteiger partial charge in [-0.1, -0.05) is 6.08 Å². The molecule has 0 bridgehead atoms. The first-order chi connectivity index (χ1) is 8.52. The molecule has 3 N–H and O–H groups in total. The maximum Gasteiger partial charge on any atom is 0.321 e. The maximum absolute atomic E-state index is 11.5. The van der Waals surface area contributed by atoms with E-state index in [2.05, 4.69) is 17.2 Å². The summed E-state index contributed by atoms with van der Waals surface area (Å²) in [6.07, 6.45) is 3.28. The van der Waals surface area contributed by atoms with Crippen LogP contribution >= 0.6 is 0 Å². The Labute approximate surface area is 105 Å². The summed E-state index contributed by atoms with van der Waals surface area (Å²) in [6.45, 7) is 3.41. The van der Waals surface area contributed by atoms with Crippen LogP contribution in [-0.2, 0) is 9.59 Å². The molecule has 1 fully saturated rings. The van der Waals surface area contributed by atoms with Crippen LogP contribution in [0.15, 0.2) is 12.7 Å². The van der Waals surface area contributed by atoms with Gasteiger partial charge < -0.3 is 10.4 Å². The molecule has 0 spiro atoms. The molecule has 1 rings (SSSR count). The zero-order chi connectivity index (χ0) is 13.5. The molecule has 1 aliphatic rings. The third-order valence-electron chi connectivity index (χ3n) is 2.41. The average Bonchev–Trinajstić information content (AvgIpc) is 3.08. The lowest BCUT2D eigenvalue weighted by Gasteiger charge is -2.18. The summed E-state index contributed by atoms with van der Waals surface area (Å²) in [7, 11) is 0. The Morgan fingerprint density at radius 1 is 1.33 bits per heavy atom. The van der Waals surface area contributed by atoms with E-state index in [1.165, 1.54) is 6.08 Å². The minimum Gasteiger partial charge on any atom is -0.480 e. The second-order valence-electron chi connectivity index (χ2n) is 4.08. The number of aliphatic carboxylic acids is 1. The summed E-state index contributed by atoms with van der Waals surface area (Å²) >= 11 is 0. The van der Waals surface area contributed by atoms with Crippen LogP contribution in [0, 0.1) is 0 Å². The van der Waals surface area contributed by atoms with Crippen molar-refractivity contribution in [3.63, 3.8) is 0 Å². The van der Waals surface area contributed by atoms with Crippen LogP contribution in [-0.4, -0.2) is 53.6 Å². The van der Waals surface area contributed by atoms with Crippen molar-refractivity contribution in [2.45, 2.75) is 18.9 Å². The van der Waals surface area contributed by atoms with Gasteiger partial charge in [-0.05, 0) is 12.8 Å². The van der Waals surface area contributed by atoms with Gasteiger partial charge in [0.2, 0.25) is 5.91 Å². The highest BCUT2D eigenvalue weighted by molar-refractivity contribution is 5.95. The Balaban J connectivity index is 2.34. The fourth-order valence-electron chi connectivity index (χ4n) is 1.49. The van der Waals surface area contributed by atoms with E-state index in [0.717, 1.165) is 12.8 Å². The van der Waals surface area contributed by atoms with E-state index >= 15 is 0 Å². The lowest BCUT2D eigenvalue weighted by Crippen LogP contribution is -2.46. The van der Waals surface area contributed by atoms with Gasteiger partial charge in [0.1, 0.15) is 0 Å². The molecule has 3 amide bonds. The van der Waals surface area contributed by atoms with Crippen LogP contribution in [0.25, 0.3) is 0 Å². The summed E-state index contributed by atoms with van der Waals surface area (Å²) in [5, 5.41) is 13.2. The van der Waals surface area contributed by atoms with Crippen LogP contribution in [0.5, 0.6) is 0 Å². The second kappa shape index (κ2) is 6.75. The molecule has 0 saturated heterocycles. The van der Waals surface area contributed by atoms with E-state index in [1.54, 1.807) is 4.90 Å². The van der Waals surface area contributed by atoms with Crippen molar-refractivity contribution in [3.05, 3.63) is 12.7 Å². The van der Waals surface area contributed by atoms with E-state index < -0.39 is 17.9 Å². The standard InChI is InChI=1S/C11H17N3O4/c1-2-5-12-11(18)13-9(15)6-14(7-10(16)17)8-3-4-8/h2,8H,1,3-7H2,(H,16,17)(H2,12,13,15,18). The van der Waals surface area contributed by atoms with Crippen LogP contribution < -0.4 is 10.6 Å². The number of carboxylic acids is 1. The molecule has 0 aromatic heterocycles. The molecule has 18 heavy (non-hydrogen) atoms. The lowest BCUT2D eigenvalue weighted by atomic mass is 10.4. The zero-order valence-corrected chi connectivity index (χ0v) is 10.0. The molecule has 1 saturated carbocycles. The first-order valence-corrected chi connectivity index (χ1v) is 5.67. The van der Waals surface area contributed by atoms with Gasteiger partial charge in [-0.3, -0.25) is 19.8 Å². The first-order valence-electron chi connectivity index (χ1n) is 5.67. The van der Waals surface area contributed by atoms with Crippen molar-refractivity contribution >= 4 is 17.9 Å². The highest BCUT2D eigenvalue weighted by Crippen LogP contribution is 2.26. The van der Waals surface area contributed by atoms with Crippen molar-refractivity contribution in [2.24, 2.45) is 0 Å². The molecule has 0 aliphatic heterocycles. The highest BCUT2D eigenvalue weighted by Gasteiger charge is 2.31. The topological polar surface area (TPSA) is 98.7 Å². The molecule has 7 nitrogen and oxygen atoms in total. The Bertz CT molecular complexity index is 352. The fraction of sp³-hybridized carbons (Fsp3) is 0.545. The Kier molecular flexibility index (Phi) is 5.31. The SMILES string of the molecule is C=CCNC(=O)NC(=O)CN(CC(=O)O)C1CC1. The number of imide groups is 1. The average molecular weight is 255 g/mol. The number of urea groups is 1. The largest absolute Gasteiger partial charge is 0.480 e. The number of carbonyl (C=O) groups is 3. The smallest absolute Gasteiger partial charge is 0.321 e. The van der Waals surface area contributed by atoms with Gasteiger partial charge in [-0.15, -0.1) is 6.58 Å². The molecular weight excluding hydrogens is 238 g/mol. The first kappa shape index (κ1) is 14.2. The van der Waals surface area contributed by atoms with Crippen molar-refractivity contribution in [1.82, 2.24) is 15.5 Å². The van der Waals surface area contributed by atoms with Gasteiger partial charge in [-0.25, -0.2) is 4.79 Å². The number of carboxylic acid groups (broad SMARTS) is 1. The monoisotopic (exact) mass is 255 g/mol. The van der Waals surface area contributed by atoms with Crippen molar-refractivity contribution in [1.29, 1.82) is 0 Å². The van der Waals surface area contributed by atoms with E-state index in [1.807, 2.05) is 0 Å². The minimum absolute atomic E-state index is 0.0848. The number of nitrogens with zero attached hydrogens (tertiary/aromatic N) is 1. The summed E-state index contributed by atoms with van der Waals surface area (Å²) in [5.74, 6) is -1.49. The maximum atomic E-state index is 11.5. The van der Waals surface area contributed by atoms with E-state index in [0.29, 0.717) is 0 Å². The number of amides is 3. The van der Waals surface area contributed by atoms with Crippen LogP contribution in [0.2, 0.25) is 0 Å². The van der Waals surface area contributed by atoms with E-state index in [-0.39, 0.29) is 25.7 Å². The van der Waals surface area contributed by atoms with Gasteiger partial charge in [-0.2, -0.15) is 0 Å². The van der Waals surface area contributed by atoms with Crippen LogP contribution in [0.3, 0.4) is 0 Å². The predicted octanol–water partition coefficient (Wildman–Crippen LogP) is -0.453. The Hall–Kier alpha value is -1.89. The van der Waals surface area contributed by atoms with Gasteiger partial charge in [0, 0.05) is 12.6 Å². The number of nitrogens with one attached hydrogen (secondary N) is 2. The van der Waals surface area contributed by atoms with Gasteiger partial charge in [0.15, 0.2) is 0 Å². The Morgan fingerprint density at radius 2 is 2.00 bits per heavy atom. The summed E-state index contributed by atoms with van der Waals surface area (Å²) < 4.78 is 0. The fourth-order valence-corrected chi connectivity index (χ4v) is 1.49. The van der Waals surface area contributed by atoms with Gasteiger partial charge in [0.25, 0.3) is 0 Å². The quantitative estimate of drug-likeness (QED) is 0.535. The van der Waals surface area contributed by atoms with Crippen molar-refractivity contribution < 1.29 is 19.5 Å².